The Bertz CT molecular complexity index is 243. The third kappa shape index (κ3) is 2.38. The third-order valence-electron chi connectivity index (χ3n) is 3.84. The lowest BCUT2D eigenvalue weighted by Crippen LogP contribution is -2.48. The second-order valence-corrected chi connectivity index (χ2v) is 5.09. The minimum Gasteiger partial charge on any atom is -0.384 e. The molecule has 1 saturated carbocycles. The van der Waals surface area contributed by atoms with Crippen molar-refractivity contribution in [3.63, 3.8) is 0 Å². The van der Waals surface area contributed by atoms with Gasteiger partial charge in [-0.25, -0.2) is 0 Å². The van der Waals surface area contributed by atoms with Gasteiger partial charge in [0.05, 0.1) is 12.0 Å². The quantitative estimate of drug-likeness (QED) is 0.741. The van der Waals surface area contributed by atoms with Crippen LogP contribution in [-0.4, -0.2) is 38.8 Å². The summed E-state index contributed by atoms with van der Waals surface area (Å²) >= 11 is 0. The fraction of sp³-hybridized carbons (Fsp3) is 0.917. The van der Waals surface area contributed by atoms with Gasteiger partial charge in [-0.1, -0.05) is 12.8 Å². The molecule has 0 aromatic carbocycles. The molecule has 1 atom stereocenters. The highest BCUT2D eigenvalue weighted by atomic mass is 16.5. The zero-order chi connectivity index (χ0) is 11.4. The molecule has 92 valence electrons. The van der Waals surface area contributed by atoms with Gasteiger partial charge in [-0.05, 0) is 25.8 Å². The first-order valence-electron chi connectivity index (χ1n) is 6.27. The van der Waals surface area contributed by atoms with Crippen molar-refractivity contribution in [1.82, 2.24) is 10.6 Å². The highest BCUT2D eigenvalue weighted by molar-refractivity contribution is 5.83. The van der Waals surface area contributed by atoms with E-state index in [4.69, 9.17) is 4.74 Å². The van der Waals surface area contributed by atoms with Crippen LogP contribution in [-0.2, 0) is 9.53 Å². The Morgan fingerprint density at radius 2 is 2.25 bits per heavy atom. The lowest BCUT2D eigenvalue weighted by Gasteiger charge is -2.27. The van der Waals surface area contributed by atoms with Crippen molar-refractivity contribution in [1.29, 1.82) is 0 Å². The molecular formula is C12H22N2O2. The third-order valence-corrected chi connectivity index (χ3v) is 3.84. The van der Waals surface area contributed by atoms with Crippen LogP contribution in [0.3, 0.4) is 0 Å². The summed E-state index contributed by atoms with van der Waals surface area (Å²) in [6, 6.07) is 0.404. The van der Waals surface area contributed by atoms with Crippen molar-refractivity contribution in [2.75, 3.05) is 26.8 Å². The predicted octanol–water partition coefficient (Wildman–Crippen LogP) is 0.671. The van der Waals surface area contributed by atoms with Crippen LogP contribution in [0.5, 0.6) is 0 Å². The van der Waals surface area contributed by atoms with Crippen LogP contribution in [0.15, 0.2) is 0 Å². The molecule has 2 fully saturated rings. The summed E-state index contributed by atoms with van der Waals surface area (Å²) in [7, 11) is 1.67. The van der Waals surface area contributed by atoms with E-state index in [0.29, 0.717) is 12.6 Å². The zero-order valence-electron chi connectivity index (χ0n) is 10.1. The maximum atomic E-state index is 12.3. The standard InChI is InChI=1S/C12H22N2O2/c1-16-9-12(6-7-13-8-12)11(15)14-10-4-2-3-5-10/h10,13H,2-9H2,1H3,(H,14,15). The Balaban J connectivity index is 1.93. The first-order valence-corrected chi connectivity index (χ1v) is 6.27. The van der Waals surface area contributed by atoms with Crippen LogP contribution in [0.25, 0.3) is 0 Å². The molecule has 2 rings (SSSR count). The minimum atomic E-state index is -0.322. The van der Waals surface area contributed by atoms with Gasteiger partial charge in [-0.3, -0.25) is 4.79 Å². The van der Waals surface area contributed by atoms with E-state index >= 15 is 0 Å². The first-order chi connectivity index (χ1) is 7.77. The van der Waals surface area contributed by atoms with Crippen LogP contribution in [0, 0.1) is 5.41 Å². The number of hydrogen-bond donors (Lipinski definition) is 2. The van der Waals surface area contributed by atoms with E-state index in [1.165, 1.54) is 12.8 Å². The van der Waals surface area contributed by atoms with Crippen molar-refractivity contribution >= 4 is 5.91 Å². The highest BCUT2D eigenvalue weighted by Crippen LogP contribution is 2.27. The molecule has 1 aliphatic carbocycles. The van der Waals surface area contributed by atoms with Gasteiger partial charge >= 0.3 is 0 Å². The van der Waals surface area contributed by atoms with E-state index in [0.717, 1.165) is 32.4 Å². The number of ether oxygens (including phenoxy) is 1. The Labute approximate surface area is 97.1 Å². The summed E-state index contributed by atoms with van der Waals surface area (Å²) in [5.74, 6) is 0.186. The normalized spacial score (nSPS) is 30.8. The summed E-state index contributed by atoms with van der Waals surface area (Å²) in [5, 5.41) is 6.45. The molecule has 2 aliphatic rings. The molecule has 1 saturated heterocycles. The number of nitrogens with one attached hydrogen (secondary N) is 2. The van der Waals surface area contributed by atoms with Crippen LogP contribution in [0.4, 0.5) is 0 Å². The van der Waals surface area contributed by atoms with Gasteiger partial charge in [0.1, 0.15) is 0 Å². The number of hydrogen-bond acceptors (Lipinski definition) is 3. The maximum absolute atomic E-state index is 12.3. The highest BCUT2D eigenvalue weighted by Gasteiger charge is 2.42. The van der Waals surface area contributed by atoms with Crippen LogP contribution < -0.4 is 10.6 Å². The molecule has 2 N–H and O–H groups in total. The molecule has 0 aromatic rings. The molecule has 0 spiro atoms. The Morgan fingerprint density at radius 3 is 2.81 bits per heavy atom. The number of carbonyl (C=O) groups is 1. The minimum absolute atomic E-state index is 0.186. The average molecular weight is 226 g/mol. The van der Waals surface area contributed by atoms with Crippen molar-refractivity contribution in [3.05, 3.63) is 0 Å². The second-order valence-electron chi connectivity index (χ2n) is 5.09. The van der Waals surface area contributed by atoms with Gasteiger partial charge in [-0.2, -0.15) is 0 Å². The molecule has 1 amide bonds. The average Bonchev–Trinajstić information content (AvgIpc) is 2.89. The van der Waals surface area contributed by atoms with Gasteiger partial charge in [-0.15, -0.1) is 0 Å². The molecule has 4 heteroatoms. The Kier molecular flexibility index (Phi) is 3.82. The fourth-order valence-electron chi connectivity index (χ4n) is 2.81. The smallest absolute Gasteiger partial charge is 0.230 e. The van der Waals surface area contributed by atoms with Crippen LogP contribution >= 0.6 is 0 Å². The molecule has 0 aromatic heterocycles. The van der Waals surface area contributed by atoms with E-state index in [-0.39, 0.29) is 11.3 Å². The Morgan fingerprint density at radius 1 is 1.50 bits per heavy atom. The van der Waals surface area contributed by atoms with Gasteiger partial charge < -0.3 is 15.4 Å². The molecule has 1 heterocycles. The van der Waals surface area contributed by atoms with E-state index in [2.05, 4.69) is 10.6 Å². The van der Waals surface area contributed by atoms with Crippen molar-refractivity contribution in [2.45, 2.75) is 38.1 Å². The van der Waals surface area contributed by atoms with Gasteiger partial charge in [0.25, 0.3) is 0 Å². The van der Waals surface area contributed by atoms with Crippen molar-refractivity contribution in [3.8, 4) is 0 Å². The summed E-state index contributed by atoms with van der Waals surface area (Å²) in [6.45, 7) is 2.19. The zero-order valence-corrected chi connectivity index (χ0v) is 10.1. The number of carbonyl (C=O) groups excluding carboxylic acids is 1. The number of methoxy groups -OCH3 is 1. The first kappa shape index (κ1) is 11.9. The summed E-state index contributed by atoms with van der Waals surface area (Å²) in [6.07, 6.45) is 5.67. The van der Waals surface area contributed by atoms with E-state index in [9.17, 15) is 4.79 Å². The summed E-state index contributed by atoms with van der Waals surface area (Å²) in [4.78, 5) is 12.3. The lowest BCUT2D eigenvalue weighted by molar-refractivity contribution is -0.133. The van der Waals surface area contributed by atoms with Crippen LogP contribution in [0.1, 0.15) is 32.1 Å². The Hall–Kier alpha value is -0.610. The van der Waals surface area contributed by atoms with E-state index in [1.54, 1.807) is 7.11 Å². The number of amides is 1. The molecule has 0 bridgehead atoms. The lowest BCUT2D eigenvalue weighted by atomic mass is 9.86. The summed E-state index contributed by atoms with van der Waals surface area (Å²) < 4.78 is 5.21. The molecule has 0 radical (unpaired) electrons. The fourth-order valence-corrected chi connectivity index (χ4v) is 2.81. The molecular weight excluding hydrogens is 204 g/mol. The topological polar surface area (TPSA) is 50.4 Å². The van der Waals surface area contributed by atoms with Crippen LogP contribution in [0.2, 0.25) is 0 Å². The van der Waals surface area contributed by atoms with Crippen molar-refractivity contribution in [2.24, 2.45) is 5.41 Å². The summed E-state index contributed by atoms with van der Waals surface area (Å²) in [5.41, 5.74) is -0.322. The van der Waals surface area contributed by atoms with E-state index in [1.807, 2.05) is 0 Å². The monoisotopic (exact) mass is 226 g/mol. The predicted molar refractivity (Wildman–Crippen MR) is 62.2 cm³/mol. The molecule has 1 unspecified atom stereocenters. The second kappa shape index (κ2) is 5.15. The largest absolute Gasteiger partial charge is 0.384 e. The van der Waals surface area contributed by atoms with Gasteiger partial charge in [0, 0.05) is 19.7 Å². The van der Waals surface area contributed by atoms with Crippen molar-refractivity contribution < 1.29 is 9.53 Å². The molecule has 4 nitrogen and oxygen atoms in total. The molecule has 1 aliphatic heterocycles. The van der Waals surface area contributed by atoms with Gasteiger partial charge in [0.2, 0.25) is 5.91 Å². The van der Waals surface area contributed by atoms with E-state index < -0.39 is 0 Å². The van der Waals surface area contributed by atoms with Gasteiger partial charge in [0.15, 0.2) is 0 Å². The number of rotatable bonds is 4. The molecule has 16 heavy (non-hydrogen) atoms. The SMILES string of the molecule is COCC1(C(=O)NC2CCCC2)CCNC1. The maximum Gasteiger partial charge on any atom is 0.230 e.